The fourth-order valence-electron chi connectivity index (χ4n) is 6.66. The average Bonchev–Trinajstić information content (AvgIpc) is 2.91. The van der Waals surface area contributed by atoms with Crippen LogP contribution in [0.15, 0.2) is 71.1 Å². The van der Waals surface area contributed by atoms with Gasteiger partial charge >= 0.3 is 0 Å². The fourth-order valence-corrected chi connectivity index (χ4v) is 6.66. The molecule has 0 radical (unpaired) electrons. The molecule has 0 saturated carbocycles. The van der Waals surface area contributed by atoms with E-state index in [9.17, 15) is 19.7 Å². The molecule has 8 heteroatoms. The second-order valence-electron chi connectivity index (χ2n) is 13.3. The van der Waals surface area contributed by atoms with Gasteiger partial charge in [0, 0.05) is 73.7 Å². The van der Waals surface area contributed by atoms with Crippen molar-refractivity contribution in [1.82, 2.24) is 4.90 Å². The lowest BCUT2D eigenvalue weighted by molar-refractivity contribution is -0.384. The van der Waals surface area contributed by atoms with Crippen LogP contribution in [0.4, 0.5) is 5.69 Å². The van der Waals surface area contributed by atoms with Gasteiger partial charge in [-0.25, -0.2) is 0 Å². The molecule has 0 saturated heterocycles. The molecule has 222 valence electrons. The maximum absolute atomic E-state index is 13.9. The number of ether oxygens (including phenoxy) is 2. The van der Waals surface area contributed by atoms with Crippen molar-refractivity contribution in [1.29, 1.82) is 0 Å². The van der Waals surface area contributed by atoms with Gasteiger partial charge in [0.1, 0.15) is 12.4 Å². The normalized spacial score (nSPS) is 20.0. The predicted molar refractivity (Wildman–Crippen MR) is 160 cm³/mol. The van der Waals surface area contributed by atoms with E-state index < -0.39 is 10.8 Å². The number of Topliss-reactive ketones (excluding diaryl/α,β-unsaturated/α-hetero) is 2. The van der Waals surface area contributed by atoms with Gasteiger partial charge in [-0.15, -0.1) is 0 Å². The first kappa shape index (κ1) is 29.7. The number of nitro benzene ring substituents is 1. The van der Waals surface area contributed by atoms with Gasteiger partial charge in [-0.2, -0.15) is 0 Å². The minimum atomic E-state index is -0.425. The van der Waals surface area contributed by atoms with Gasteiger partial charge in [-0.3, -0.25) is 19.7 Å². The Kier molecular flexibility index (Phi) is 8.12. The molecule has 0 atom stereocenters. The third-order valence-corrected chi connectivity index (χ3v) is 8.52. The number of allylic oxidation sites excluding steroid dienone is 4. The minimum absolute atomic E-state index is 0.0384. The maximum atomic E-state index is 13.9. The van der Waals surface area contributed by atoms with Gasteiger partial charge in [-0.1, -0.05) is 39.8 Å². The summed E-state index contributed by atoms with van der Waals surface area (Å²) in [5.41, 5.74) is 5.08. The first-order valence-corrected chi connectivity index (χ1v) is 14.6. The lowest BCUT2D eigenvalue weighted by Gasteiger charge is -2.49. The van der Waals surface area contributed by atoms with Crippen molar-refractivity contribution in [2.24, 2.45) is 10.8 Å². The topological polar surface area (TPSA) is 99.0 Å². The summed E-state index contributed by atoms with van der Waals surface area (Å²) in [7, 11) is 1.70. The van der Waals surface area contributed by atoms with Crippen LogP contribution in [-0.4, -0.2) is 41.7 Å². The summed E-state index contributed by atoms with van der Waals surface area (Å²) in [6, 6.07) is 14.0. The molecule has 0 bridgehead atoms. The molecule has 0 N–H and O–H groups in total. The van der Waals surface area contributed by atoms with Crippen molar-refractivity contribution in [3.63, 3.8) is 0 Å². The number of nitro groups is 1. The number of nitrogens with zero attached hydrogens (tertiary/aromatic N) is 2. The molecule has 42 heavy (non-hydrogen) atoms. The van der Waals surface area contributed by atoms with Gasteiger partial charge in [0.2, 0.25) is 0 Å². The smallest absolute Gasteiger partial charge is 0.269 e. The Bertz CT molecular complexity index is 1400. The Hall–Kier alpha value is -3.78. The van der Waals surface area contributed by atoms with Crippen molar-refractivity contribution >= 4 is 17.3 Å². The second kappa shape index (κ2) is 11.5. The summed E-state index contributed by atoms with van der Waals surface area (Å²) in [5, 5.41) is 10.9. The van der Waals surface area contributed by atoms with E-state index in [2.05, 4.69) is 32.6 Å². The quantitative estimate of drug-likeness (QED) is 0.183. The van der Waals surface area contributed by atoms with E-state index in [0.29, 0.717) is 31.7 Å². The average molecular weight is 573 g/mol. The van der Waals surface area contributed by atoms with Crippen LogP contribution in [0.25, 0.3) is 0 Å². The van der Waals surface area contributed by atoms with Crippen LogP contribution in [-0.2, 0) is 20.9 Å². The van der Waals surface area contributed by atoms with E-state index in [1.54, 1.807) is 19.2 Å². The molecule has 0 amide bonds. The van der Waals surface area contributed by atoms with Crippen LogP contribution < -0.4 is 4.74 Å². The summed E-state index contributed by atoms with van der Waals surface area (Å²) in [5.74, 6) is 0.477. The van der Waals surface area contributed by atoms with Crippen LogP contribution in [0.1, 0.15) is 76.8 Å². The molecule has 2 aromatic rings. The zero-order valence-corrected chi connectivity index (χ0v) is 25.2. The van der Waals surface area contributed by atoms with Crippen LogP contribution in [0.5, 0.6) is 5.75 Å². The van der Waals surface area contributed by atoms with E-state index in [0.717, 1.165) is 52.9 Å². The Labute approximate surface area is 247 Å². The highest BCUT2D eigenvalue weighted by Gasteiger charge is 2.48. The summed E-state index contributed by atoms with van der Waals surface area (Å²) in [6.45, 7) is 10.2. The van der Waals surface area contributed by atoms with Crippen LogP contribution in [0.3, 0.4) is 0 Å². The molecule has 2 aliphatic carbocycles. The number of hydrogen-bond acceptors (Lipinski definition) is 7. The van der Waals surface area contributed by atoms with E-state index in [1.165, 1.54) is 12.1 Å². The zero-order valence-electron chi connectivity index (χ0n) is 25.2. The van der Waals surface area contributed by atoms with Gasteiger partial charge in [-0.05, 0) is 65.5 Å². The van der Waals surface area contributed by atoms with Gasteiger partial charge < -0.3 is 14.4 Å². The van der Waals surface area contributed by atoms with E-state index >= 15 is 0 Å². The lowest BCUT2D eigenvalue weighted by Crippen LogP contribution is -2.44. The first-order chi connectivity index (χ1) is 19.9. The summed E-state index contributed by atoms with van der Waals surface area (Å²) in [6.07, 6.45) is 3.26. The van der Waals surface area contributed by atoms with Crippen LogP contribution >= 0.6 is 0 Å². The van der Waals surface area contributed by atoms with Gasteiger partial charge in [0.05, 0.1) is 4.92 Å². The molecule has 5 rings (SSSR count). The predicted octanol–water partition coefficient (Wildman–Crippen LogP) is 6.90. The minimum Gasteiger partial charge on any atom is -0.489 e. The number of benzene rings is 2. The molecule has 8 nitrogen and oxygen atoms in total. The molecule has 0 aromatic heterocycles. The number of ketones is 2. The summed E-state index contributed by atoms with van der Waals surface area (Å²) >= 11 is 0. The molecule has 0 unspecified atom stereocenters. The molecule has 3 aliphatic rings. The summed E-state index contributed by atoms with van der Waals surface area (Å²) < 4.78 is 11.3. The molecular weight excluding hydrogens is 532 g/mol. The molecule has 1 heterocycles. The monoisotopic (exact) mass is 572 g/mol. The highest BCUT2D eigenvalue weighted by atomic mass is 16.6. The van der Waals surface area contributed by atoms with E-state index in [4.69, 9.17) is 9.47 Å². The third-order valence-electron chi connectivity index (χ3n) is 8.52. The van der Waals surface area contributed by atoms with Crippen molar-refractivity contribution in [3.05, 3.63) is 92.3 Å². The Balaban J connectivity index is 1.51. The SMILES string of the molecule is COCCCN1C2=C(C(=O)CC(C)(C)C2)C(c2ccc(OCc3ccc([N+](=O)[O-])cc3)cc2)C2=C1CC(C)(C)CC2=O. The van der Waals surface area contributed by atoms with E-state index in [1.807, 2.05) is 24.3 Å². The standard InChI is InChI=1S/C34H40N2O6/c1-33(2)17-26-31(28(37)19-33)30(32-27(35(26)15-6-16-41-5)18-34(3,4)20-29(32)38)23-9-13-25(14-10-23)42-21-22-7-11-24(12-8-22)36(39)40/h7-14,30H,6,15-21H2,1-5H3. The third kappa shape index (κ3) is 6.04. The Morgan fingerprint density at radius 2 is 1.40 bits per heavy atom. The number of rotatable bonds is 9. The molecule has 0 fully saturated rings. The summed E-state index contributed by atoms with van der Waals surface area (Å²) in [4.78, 5) is 40.6. The number of hydrogen-bond donors (Lipinski definition) is 0. The molecule has 2 aromatic carbocycles. The van der Waals surface area contributed by atoms with Gasteiger partial charge in [0.15, 0.2) is 11.6 Å². The number of carbonyl (C=O) groups excluding carboxylic acids is 2. The zero-order chi connectivity index (χ0) is 30.2. The molecular formula is C34H40N2O6. The highest BCUT2D eigenvalue weighted by Crippen LogP contribution is 2.54. The fraction of sp³-hybridized carbons (Fsp3) is 0.471. The van der Waals surface area contributed by atoms with E-state index in [-0.39, 0.29) is 34.7 Å². The number of non-ortho nitro benzene ring substituents is 1. The molecule has 0 spiro atoms. The second-order valence-corrected chi connectivity index (χ2v) is 13.3. The number of carbonyl (C=O) groups is 2. The van der Waals surface area contributed by atoms with Crippen molar-refractivity contribution in [2.45, 2.75) is 72.3 Å². The van der Waals surface area contributed by atoms with Crippen molar-refractivity contribution in [2.75, 3.05) is 20.3 Å². The Morgan fingerprint density at radius 1 is 0.857 bits per heavy atom. The molecule has 1 aliphatic heterocycles. The van der Waals surface area contributed by atoms with Crippen molar-refractivity contribution in [3.8, 4) is 5.75 Å². The van der Waals surface area contributed by atoms with Crippen LogP contribution in [0, 0.1) is 20.9 Å². The first-order valence-electron chi connectivity index (χ1n) is 14.6. The lowest BCUT2D eigenvalue weighted by atomic mass is 9.63. The van der Waals surface area contributed by atoms with Gasteiger partial charge in [0.25, 0.3) is 5.69 Å². The Morgan fingerprint density at radius 3 is 1.90 bits per heavy atom. The van der Waals surface area contributed by atoms with Crippen LogP contribution in [0.2, 0.25) is 0 Å². The maximum Gasteiger partial charge on any atom is 0.269 e. The number of methoxy groups -OCH3 is 1. The largest absolute Gasteiger partial charge is 0.489 e. The van der Waals surface area contributed by atoms with Crippen molar-refractivity contribution < 1.29 is 24.0 Å². The highest BCUT2D eigenvalue weighted by molar-refractivity contribution is 6.06.